The third kappa shape index (κ3) is 5.69. The monoisotopic (exact) mass is 603 g/mol. The van der Waals surface area contributed by atoms with Crippen molar-refractivity contribution in [2.75, 3.05) is 44.2 Å². The minimum absolute atomic E-state index is 0.0209. The van der Waals surface area contributed by atoms with Gasteiger partial charge in [0.2, 0.25) is 0 Å². The smallest absolute Gasteiger partial charge is 0.410 e. The van der Waals surface area contributed by atoms with E-state index in [2.05, 4.69) is 30.7 Å². The van der Waals surface area contributed by atoms with Gasteiger partial charge in [0.25, 0.3) is 0 Å². The molecule has 3 saturated heterocycles. The number of carbonyl (C=O) groups is 1. The maximum absolute atomic E-state index is 15.3. The normalized spacial score (nSPS) is 24.7. The lowest BCUT2D eigenvalue weighted by molar-refractivity contribution is 0.0123. The Bertz CT molecular complexity index is 1230. The van der Waals surface area contributed by atoms with Gasteiger partial charge in [-0.05, 0) is 100 Å². The molecule has 39 heavy (non-hydrogen) atoms. The fourth-order valence-electron chi connectivity index (χ4n) is 6.43. The first kappa shape index (κ1) is 27.0. The van der Waals surface area contributed by atoms with Crippen LogP contribution >= 0.6 is 15.9 Å². The van der Waals surface area contributed by atoms with Gasteiger partial charge in [-0.1, -0.05) is 6.42 Å². The summed E-state index contributed by atoms with van der Waals surface area (Å²) < 4.78 is 27.6. The molecule has 4 heterocycles. The Balaban J connectivity index is 1.24. The maximum Gasteiger partial charge on any atom is 0.410 e. The number of amides is 1. The summed E-state index contributed by atoms with van der Waals surface area (Å²) in [5.41, 5.74) is -0.142. The van der Waals surface area contributed by atoms with Crippen molar-refractivity contribution >= 4 is 38.7 Å². The molecule has 10 heteroatoms. The van der Waals surface area contributed by atoms with Gasteiger partial charge >= 0.3 is 12.1 Å². The second-order valence-electron chi connectivity index (χ2n) is 12.9. The number of rotatable bonds is 6. The van der Waals surface area contributed by atoms with Gasteiger partial charge in [0.1, 0.15) is 16.9 Å². The second-order valence-corrected chi connectivity index (χ2v) is 13.7. The predicted molar refractivity (Wildman–Crippen MR) is 152 cm³/mol. The van der Waals surface area contributed by atoms with E-state index in [0.29, 0.717) is 35.4 Å². The van der Waals surface area contributed by atoms with E-state index in [0.717, 1.165) is 45.3 Å². The molecule has 1 saturated carbocycles. The molecule has 0 N–H and O–H groups in total. The molecule has 8 nitrogen and oxygen atoms in total. The first-order valence-electron chi connectivity index (χ1n) is 14.4. The van der Waals surface area contributed by atoms with Crippen LogP contribution in [0.5, 0.6) is 6.01 Å². The number of hydrogen-bond acceptors (Lipinski definition) is 7. The highest BCUT2D eigenvalue weighted by Crippen LogP contribution is 2.47. The van der Waals surface area contributed by atoms with Crippen molar-refractivity contribution in [3.63, 3.8) is 0 Å². The molecular weight excluding hydrogens is 565 g/mol. The molecule has 3 aliphatic heterocycles. The number of fused-ring (bicyclic) bond motifs is 3. The molecule has 1 aromatic carbocycles. The van der Waals surface area contributed by atoms with E-state index in [1.54, 1.807) is 6.07 Å². The van der Waals surface area contributed by atoms with Gasteiger partial charge in [-0.3, -0.25) is 4.90 Å². The van der Waals surface area contributed by atoms with Gasteiger partial charge in [0.15, 0.2) is 5.82 Å². The fraction of sp³-hybridized carbons (Fsp3) is 0.690. The largest absolute Gasteiger partial charge is 0.463 e. The molecule has 1 amide bonds. The quantitative estimate of drug-likeness (QED) is 0.415. The lowest BCUT2D eigenvalue weighted by Crippen LogP contribution is -2.57. The second kappa shape index (κ2) is 10.3. The minimum atomic E-state index is -0.541. The fourth-order valence-corrected chi connectivity index (χ4v) is 6.75. The van der Waals surface area contributed by atoms with Gasteiger partial charge < -0.3 is 19.3 Å². The summed E-state index contributed by atoms with van der Waals surface area (Å²) >= 11 is 3.32. The highest BCUT2D eigenvalue weighted by Gasteiger charge is 2.46. The summed E-state index contributed by atoms with van der Waals surface area (Å²) in [6.45, 7) is 10.8. The van der Waals surface area contributed by atoms with Crippen LogP contribution in [0.15, 0.2) is 16.6 Å². The molecule has 4 fully saturated rings. The number of benzene rings is 1. The standard InChI is InChI=1S/C29H39BrFN5O3/c1-28(2,3)39-27(37)36-19-7-8-20(36)16-35(15-19)25-21-9-10-22(30)23(31)24(21)32-26(33-25)38-18-29(11-12-29)17-34-13-5-4-6-14-34/h9-10,19-20H,4-8,11-18H2,1-3H3. The third-order valence-electron chi connectivity index (χ3n) is 8.58. The number of piperazine rings is 1. The number of ether oxygens (including phenoxy) is 2. The van der Waals surface area contributed by atoms with Crippen molar-refractivity contribution < 1.29 is 18.7 Å². The SMILES string of the molecule is CC(C)(C)OC(=O)N1C2CCC1CN(c1nc(OCC3(CN4CCCCC4)CC3)nc3c(F)c(Br)ccc13)C2. The summed E-state index contributed by atoms with van der Waals surface area (Å²) in [5, 5.41) is 0.655. The molecule has 2 atom stereocenters. The van der Waals surface area contributed by atoms with Crippen LogP contribution in [0.3, 0.4) is 0 Å². The van der Waals surface area contributed by atoms with Crippen LogP contribution in [-0.4, -0.2) is 82.9 Å². The molecule has 6 rings (SSSR count). The first-order valence-corrected chi connectivity index (χ1v) is 15.2. The average Bonchev–Trinajstić information content (AvgIpc) is 3.60. The zero-order valence-corrected chi connectivity index (χ0v) is 24.8. The molecule has 2 unspecified atom stereocenters. The van der Waals surface area contributed by atoms with Gasteiger partial charge in [-0.15, -0.1) is 0 Å². The zero-order valence-electron chi connectivity index (χ0n) is 23.2. The zero-order chi connectivity index (χ0) is 27.4. The van der Waals surface area contributed by atoms with Crippen molar-refractivity contribution in [3.8, 4) is 6.01 Å². The van der Waals surface area contributed by atoms with Crippen LogP contribution in [0.1, 0.15) is 65.7 Å². The molecule has 0 radical (unpaired) electrons. The van der Waals surface area contributed by atoms with Crippen LogP contribution in [0, 0.1) is 11.2 Å². The molecule has 1 aliphatic carbocycles. The molecular formula is C29H39BrFN5O3. The Hall–Kier alpha value is -2.20. The number of piperidine rings is 1. The number of aromatic nitrogens is 2. The predicted octanol–water partition coefficient (Wildman–Crippen LogP) is 5.76. The van der Waals surface area contributed by atoms with Gasteiger partial charge in [0, 0.05) is 30.4 Å². The van der Waals surface area contributed by atoms with E-state index in [1.165, 1.54) is 19.3 Å². The number of anilines is 1. The van der Waals surface area contributed by atoms with E-state index in [9.17, 15) is 4.79 Å². The van der Waals surface area contributed by atoms with Crippen molar-refractivity contribution in [2.24, 2.45) is 5.41 Å². The van der Waals surface area contributed by atoms with E-state index in [1.807, 2.05) is 31.7 Å². The summed E-state index contributed by atoms with van der Waals surface area (Å²) in [6.07, 6.45) is 7.70. The molecule has 4 aliphatic rings. The van der Waals surface area contributed by atoms with Crippen LogP contribution in [-0.2, 0) is 4.74 Å². The van der Waals surface area contributed by atoms with Gasteiger partial charge in [-0.2, -0.15) is 9.97 Å². The van der Waals surface area contributed by atoms with Gasteiger partial charge in [0.05, 0.1) is 23.2 Å². The number of hydrogen-bond donors (Lipinski definition) is 0. The Morgan fingerprint density at radius 2 is 1.79 bits per heavy atom. The first-order chi connectivity index (χ1) is 18.6. The molecule has 0 spiro atoms. The summed E-state index contributed by atoms with van der Waals surface area (Å²) in [4.78, 5) is 29.0. The minimum Gasteiger partial charge on any atom is -0.463 e. The maximum atomic E-state index is 15.3. The lowest BCUT2D eigenvalue weighted by Gasteiger charge is -2.42. The van der Waals surface area contributed by atoms with Crippen molar-refractivity contribution in [1.29, 1.82) is 0 Å². The van der Waals surface area contributed by atoms with Gasteiger partial charge in [-0.25, -0.2) is 9.18 Å². The van der Waals surface area contributed by atoms with Crippen molar-refractivity contribution in [3.05, 3.63) is 22.4 Å². The van der Waals surface area contributed by atoms with E-state index in [4.69, 9.17) is 14.5 Å². The van der Waals surface area contributed by atoms with Crippen molar-refractivity contribution in [2.45, 2.75) is 83.4 Å². The average molecular weight is 605 g/mol. The number of halogens is 2. The van der Waals surface area contributed by atoms with E-state index < -0.39 is 11.4 Å². The van der Waals surface area contributed by atoms with E-state index >= 15 is 4.39 Å². The number of carbonyl (C=O) groups excluding carboxylic acids is 1. The highest BCUT2D eigenvalue weighted by molar-refractivity contribution is 9.10. The Kier molecular flexibility index (Phi) is 7.15. The number of nitrogens with zero attached hydrogens (tertiary/aromatic N) is 5. The van der Waals surface area contributed by atoms with Crippen LogP contribution in [0.2, 0.25) is 0 Å². The van der Waals surface area contributed by atoms with Crippen molar-refractivity contribution in [1.82, 2.24) is 19.8 Å². The molecule has 2 aromatic rings. The summed E-state index contributed by atoms with van der Waals surface area (Å²) in [5.74, 6) is 0.258. The summed E-state index contributed by atoms with van der Waals surface area (Å²) in [7, 11) is 0. The van der Waals surface area contributed by atoms with Crippen LogP contribution in [0.4, 0.5) is 15.0 Å². The van der Waals surface area contributed by atoms with Crippen LogP contribution in [0.25, 0.3) is 10.9 Å². The Morgan fingerprint density at radius 3 is 2.44 bits per heavy atom. The Labute approximate surface area is 238 Å². The molecule has 2 bridgehead atoms. The Morgan fingerprint density at radius 1 is 1.10 bits per heavy atom. The molecule has 1 aromatic heterocycles. The topological polar surface area (TPSA) is 71.0 Å². The number of likely N-dealkylation sites (tertiary alicyclic amines) is 1. The highest BCUT2D eigenvalue weighted by atomic mass is 79.9. The third-order valence-corrected chi connectivity index (χ3v) is 9.19. The summed E-state index contributed by atoms with van der Waals surface area (Å²) in [6, 6.07) is 3.83. The lowest BCUT2D eigenvalue weighted by atomic mass is 10.1. The van der Waals surface area contributed by atoms with E-state index in [-0.39, 0.29) is 35.1 Å². The molecule has 212 valence electrons. The van der Waals surface area contributed by atoms with Crippen LogP contribution < -0.4 is 9.64 Å².